The standard InChI is InChI=1S/C11H12N3O2.3C4H9.Sn/c1-2-9-12-8(11(15)16)7-10(13-9)14-5-3-4-6-14;3*1-3-4-2;/h1-2,7H,3-6H2,(H,15,16);3*1,3-4H2,2H3;. The van der Waals surface area contributed by atoms with Gasteiger partial charge in [0.15, 0.2) is 0 Å². The normalized spacial score (nSPS) is 14.8. The van der Waals surface area contributed by atoms with E-state index >= 15 is 0 Å². The van der Waals surface area contributed by atoms with Gasteiger partial charge in [-0.05, 0) is 0 Å². The van der Waals surface area contributed by atoms with E-state index in [1.165, 1.54) is 51.8 Å². The number of carboxylic acids is 1. The summed E-state index contributed by atoms with van der Waals surface area (Å²) in [5, 5.41) is 9.53. The third kappa shape index (κ3) is 7.58. The van der Waals surface area contributed by atoms with Crippen molar-refractivity contribution >= 4 is 36.2 Å². The van der Waals surface area contributed by atoms with Gasteiger partial charge in [-0.2, -0.15) is 0 Å². The maximum atomic E-state index is 11.6. The molecule has 1 aliphatic heterocycles. The fraction of sp³-hybridized carbons (Fsp3) is 0.696. The van der Waals surface area contributed by atoms with Gasteiger partial charge < -0.3 is 0 Å². The number of nitrogens with zero attached hydrogens (tertiary/aromatic N) is 3. The number of carboxylic acid groups (broad SMARTS) is 1. The second-order valence-corrected chi connectivity index (χ2v) is 21.5. The van der Waals surface area contributed by atoms with Crippen molar-refractivity contribution in [1.29, 1.82) is 0 Å². The fourth-order valence-electron chi connectivity index (χ4n) is 4.21. The summed E-state index contributed by atoms with van der Waals surface area (Å²) >= 11 is -2.44. The van der Waals surface area contributed by atoms with E-state index < -0.39 is 24.3 Å². The van der Waals surface area contributed by atoms with Crippen molar-refractivity contribution in [3.63, 3.8) is 0 Å². The molecule has 29 heavy (non-hydrogen) atoms. The van der Waals surface area contributed by atoms with Crippen LogP contribution in [0.5, 0.6) is 0 Å². The SMILES string of the molecule is CCC[CH2][Sn]([CH]=Cc1nc(C(=O)O)cc(N2CCCC2)n1)([CH2]CCC)[CH2]CCC. The molecule has 0 atom stereocenters. The van der Waals surface area contributed by atoms with E-state index in [2.05, 4.69) is 40.8 Å². The average Bonchev–Trinajstić information content (AvgIpc) is 3.27. The topological polar surface area (TPSA) is 66.3 Å². The van der Waals surface area contributed by atoms with E-state index in [1.54, 1.807) is 6.07 Å². The molecule has 0 unspecified atom stereocenters. The van der Waals surface area contributed by atoms with Gasteiger partial charge in [0.1, 0.15) is 0 Å². The summed E-state index contributed by atoms with van der Waals surface area (Å²) in [6.07, 6.45) is 12.0. The van der Waals surface area contributed by atoms with Crippen molar-refractivity contribution in [1.82, 2.24) is 9.97 Å². The molecule has 1 N–H and O–H groups in total. The first-order valence-electron chi connectivity index (χ1n) is 11.6. The number of hydrogen-bond donors (Lipinski definition) is 1. The molecule has 1 aliphatic rings. The van der Waals surface area contributed by atoms with Crippen LogP contribution >= 0.6 is 0 Å². The zero-order valence-corrected chi connectivity index (χ0v) is 21.5. The van der Waals surface area contributed by atoms with Crippen LogP contribution in [0.3, 0.4) is 0 Å². The summed E-state index contributed by atoms with van der Waals surface area (Å²) < 4.78 is 6.68. The monoisotopic (exact) mass is 509 g/mol. The molecule has 0 radical (unpaired) electrons. The minimum atomic E-state index is -2.44. The van der Waals surface area contributed by atoms with Gasteiger partial charge >= 0.3 is 181 Å². The molecule has 162 valence electrons. The Morgan fingerprint density at radius 1 is 1.03 bits per heavy atom. The van der Waals surface area contributed by atoms with Crippen LogP contribution in [0.15, 0.2) is 10.2 Å². The molecule has 1 aromatic rings. The van der Waals surface area contributed by atoms with Gasteiger partial charge in [0, 0.05) is 0 Å². The Hall–Kier alpha value is -1.11. The summed E-state index contributed by atoms with van der Waals surface area (Å²) in [4.78, 5) is 22.9. The molecule has 5 nitrogen and oxygen atoms in total. The molecule has 0 spiro atoms. The van der Waals surface area contributed by atoms with Gasteiger partial charge in [-0.15, -0.1) is 0 Å². The molecule has 1 saturated heterocycles. The summed E-state index contributed by atoms with van der Waals surface area (Å²) in [5.41, 5.74) is 0.109. The van der Waals surface area contributed by atoms with Gasteiger partial charge in [0.25, 0.3) is 0 Å². The Labute approximate surface area is 180 Å². The van der Waals surface area contributed by atoms with E-state index in [9.17, 15) is 9.90 Å². The number of aromatic carboxylic acids is 1. The van der Waals surface area contributed by atoms with E-state index in [0.717, 1.165) is 31.7 Å². The molecule has 1 aromatic heterocycles. The zero-order valence-electron chi connectivity index (χ0n) is 18.6. The second kappa shape index (κ2) is 12.6. The number of hydrogen-bond acceptors (Lipinski definition) is 4. The van der Waals surface area contributed by atoms with E-state index in [0.29, 0.717) is 5.82 Å². The molecule has 0 aromatic carbocycles. The summed E-state index contributed by atoms with van der Waals surface area (Å²) in [6, 6.07) is 1.63. The number of anilines is 1. The molecule has 1 fully saturated rings. The van der Waals surface area contributed by atoms with Crippen LogP contribution in [0.4, 0.5) is 5.82 Å². The van der Waals surface area contributed by atoms with Gasteiger partial charge in [-0.25, -0.2) is 0 Å². The first kappa shape index (κ1) is 24.2. The molecule has 0 amide bonds. The average molecular weight is 508 g/mol. The number of carbonyl (C=O) groups is 1. The molecule has 0 bridgehead atoms. The second-order valence-electron chi connectivity index (χ2n) is 8.48. The number of aromatic nitrogens is 2. The zero-order chi connectivity index (χ0) is 21.1. The van der Waals surface area contributed by atoms with Crippen molar-refractivity contribution in [2.45, 2.75) is 85.4 Å². The van der Waals surface area contributed by atoms with Crippen LogP contribution in [-0.2, 0) is 0 Å². The molecule has 0 aliphatic carbocycles. The van der Waals surface area contributed by atoms with Gasteiger partial charge in [-0.1, -0.05) is 0 Å². The van der Waals surface area contributed by atoms with Gasteiger partial charge in [0.2, 0.25) is 0 Å². The minimum absolute atomic E-state index is 0.109. The Bertz CT molecular complexity index is 650. The van der Waals surface area contributed by atoms with E-state index in [4.69, 9.17) is 4.98 Å². The Morgan fingerprint density at radius 2 is 1.59 bits per heavy atom. The van der Waals surface area contributed by atoms with Crippen molar-refractivity contribution < 1.29 is 9.90 Å². The predicted octanol–water partition coefficient (Wildman–Crippen LogP) is 6.18. The predicted molar refractivity (Wildman–Crippen MR) is 124 cm³/mol. The Morgan fingerprint density at radius 3 is 2.07 bits per heavy atom. The van der Waals surface area contributed by atoms with Crippen LogP contribution in [0.2, 0.25) is 13.3 Å². The van der Waals surface area contributed by atoms with E-state index in [1.807, 2.05) is 0 Å². The molecule has 2 heterocycles. The van der Waals surface area contributed by atoms with Crippen LogP contribution in [0, 0.1) is 0 Å². The first-order valence-corrected chi connectivity index (χ1v) is 19.3. The van der Waals surface area contributed by atoms with Gasteiger partial charge in [-0.3, -0.25) is 0 Å². The quantitative estimate of drug-likeness (QED) is 0.323. The van der Waals surface area contributed by atoms with Crippen LogP contribution in [0.1, 0.15) is 88.5 Å². The molecule has 0 saturated carbocycles. The summed E-state index contributed by atoms with van der Waals surface area (Å²) in [6.45, 7) is 8.74. The Balaban J connectivity index is 2.34. The summed E-state index contributed by atoms with van der Waals surface area (Å²) in [5.74, 6) is 0.378. The first-order chi connectivity index (χ1) is 14.0. The van der Waals surface area contributed by atoms with Gasteiger partial charge in [0.05, 0.1) is 0 Å². The fourth-order valence-corrected chi connectivity index (χ4v) is 18.3. The van der Waals surface area contributed by atoms with Crippen LogP contribution in [-0.4, -0.2) is 52.5 Å². The van der Waals surface area contributed by atoms with Crippen LogP contribution < -0.4 is 4.90 Å². The van der Waals surface area contributed by atoms with Crippen molar-refractivity contribution in [2.24, 2.45) is 0 Å². The summed E-state index contributed by atoms with van der Waals surface area (Å²) in [7, 11) is 0. The molecule has 2 rings (SSSR count). The van der Waals surface area contributed by atoms with Crippen molar-refractivity contribution in [2.75, 3.05) is 18.0 Å². The molecule has 6 heteroatoms. The maximum absolute atomic E-state index is 11.6. The molecular formula is C23H39N3O2Sn. The van der Waals surface area contributed by atoms with Crippen molar-refractivity contribution in [3.05, 3.63) is 21.7 Å². The van der Waals surface area contributed by atoms with Crippen molar-refractivity contribution in [3.8, 4) is 0 Å². The Kier molecular flexibility index (Phi) is 10.5. The molecular weight excluding hydrogens is 469 g/mol. The van der Waals surface area contributed by atoms with E-state index in [-0.39, 0.29) is 5.69 Å². The van der Waals surface area contributed by atoms with Crippen LogP contribution in [0.25, 0.3) is 6.08 Å². The number of unbranched alkanes of at least 4 members (excludes halogenated alkanes) is 3. The third-order valence-corrected chi connectivity index (χ3v) is 20.1. The third-order valence-electron chi connectivity index (χ3n) is 6.05. The number of rotatable bonds is 13.